The molecule has 0 unspecified atom stereocenters. The molecule has 188 valence electrons. The zero-order valence-electron chi connectivity index (χ0n) is 22.7. The van der Waals surface area contributed by atoms with E-state index in [1.165, 1.54) is 78.0 Å². The SMILES string of the molecule is Cc1ccc(N2c3ccc(C)cc3B3c4ccccc4-c4cc(-c5ccc(-c6ccccc6)cc5)cc2c43)cc1. The van der Waals surface area contributed by atoms with Gasteiger partial charge in [0, 0.05) is 17.1 Å². The Morgan fingerprint density at radius 1 is 0.450 bits per heavy atom. The second-order valence-corrected chi connectivity index (χ2v) is 11.2. The highest BCUT2D eigenvalue weighted by Gasteiger charge is 2.42. The van der Waals surface area contributed by atoms with Crippen molar-refractivity contribution in [2.45, 2.75) is 13.8 Å². The third kappa shape index (κ3) is 3.49. The van der Waals surface area contributed by atoms with Crippen LogP contribution in [0.4, 0.5) is 17.1 Å². The topological polar surface area (TPSA) is 3.24 Å². The van der Waals surface area contributed by atoms with Gasteiger partial charge in [0.2, 0.25) is 6.71 Å². The van der Waals surface area contributed by atoms with E-state index in [4.69, 9.17) is 0 Å². The molecule has 6 aromatic rings. The maximum absolute atomic E-state index is 2.48. The minimum Gasteiger partial charge on any atom is -0.311 e. The fourth-order valence-corrected chi connectivity index (χ4v) is 6.68. The van der Waals surface area contributed by atoms with Crippen molar-refractivity contribution >= 4 is 40.2 Å². The van der Waals surface area contributed by atoms with E-state index in [2.05, 4.69) is 152 Å². The molecule has 0 saturated heterocycles. The molecule has 2 aliphatic heterocycles. The highest BCUT2D eigenvalue weighted by Crippen LogP contribution is 2.43. The van der Waals surface area contributed by atoms with Crippen molar-refractivity contribution in [1.82, 2.24) is 0 Å². The van der Waals surface area contributed by atoms with Gasteiger partial charge in [-0.15, -0.1) is 0 Å². The van der Waals surface area contributed by atoms with Crippen LogP contribution in [0, 0.1) is 13.8 Å². The largest absolute Gasteiger partial charge is 0.311 e. The number of fused-ring (bicyclic) bond motifs is 5. The van der Waals surface area contributed by atoms with E-state index in [1.54, 1.807) is 0 Å². The minimum atomic E-state index is 0.243. The number of anilines is 3. The highest BCUT2D eigenvalue weighted by atomic mass is 15.1. The number of rotatable bonds is 3. The standard InChI is InChI=1S/C38H28BN/c1-25-12-19-31(20-13-25)40-36-21-14-26(2)22-35(36)39-34-11-7-6-10-32(34)33-23-30(24-37(40)38(33)39)29-17-15-28(16-18-29)27-8-4-3-5-9-27/h3-24H,1-2H3. The summed E-state index contributed by atoms with van der Waals surface area (Å²) < 4.78 is 0. The molecule has 8 rings (SSSR count). The lowest BCUT2D eigenvalue weighted by Crippen LogP contribution is -2.54. The first-order valence-electron chi connectivity index (χ1n) is 14.1. The van der Waals surface area contributed by atoms with Gasteiger partial charge in [0.25, 0.3) is 0 Å². The summed E-state index contributed by atoms with van der Waals surface area (Å²) in [6.45, 7) is 4.60. The van der Waals surface area contributed by atoms with Crippen molar-refractivity contribution in [1.29, 1.82) is 0 Å². The molecule has 0 atom stereocenters. The van der Waals surface area contributed by atoms with E-state index in [1.807, 2.05) is 0 Å². The summed E-state index contributed by atoms with van der Waals surface area (Å²) in [6, 6.07) is 49.4. The molecule has 40 heavy (non-hydrogen) atoms. The molecule has 2 heterocycles. The molecule has 0 saturated carbocycles. The van der Waals surface area contributed by atoms with Gasteiger partial charge in [0.05, 0.1) is 0 Å². The van der Waals surface area contributed by atoms with Crippen molar-refractivity contribution < 1.29 is 0 Å². The average Bonchev–Trinajstić information content (AvgIpc) is 3.34. The lowest BCUT2D eigenvalue weighted by atomic mass is 9.37. The fourth-order valence-electron chi connectivity index (χ4n) is 6.68. The first kappa shape index (κ1) is 23.1. The molecule has 0 aliphatic carbocycles. The van der Waals surface area contributed by atoms with Gasteiger partial charge in [0.1, 0.15) is 0 Å². The summed E-state index contributed by atoms with van der Waals surface area (Å²) in [6.07, 6.45) is 0. The average molecular weight is 509 g/mol. The van der Waals surface area contributed by atoms with Crippen LogP contribution in [-0.4, -0.2) is 6.71 Å². The Labute approximate surface area is 236 Å². The van der Waals surface area contributed by atoms with Crippen molar-refractivity contribution in [2.24, 2.45) is 0 Å². The molecular weight excluding hydrogens is 481 g/mol. The predicted molar refractivity (Wildman–Crippen MR) is 172 cm³/mol. The zero-order chi connectivity index (χ0) is 26.8. The first-order valence-corrected chi connectivity index (χ1v) is 14.1. The second-order valence-electron chi connectivity index (χ2n) is 11.2. The summed E-state index contributed by atoms with van der Waals surface area (Å²) in [4.78, 5) is 2.48. The summed E-state index contributed by atoms with van der Waals surface area (Å²) >= 11 is 0. The Morgan fingerprint density at radius 3 is 1.88 bits per heavy atom. The maximum atomic E-state index is 2.48. The Hall–Kier alpha value is -4.82. The van der Waals surface area contributed by atoms with E-state index in [9.17, 15) is 0 Å². The van der Waals surface area contributed by atoms with Crippen LogP contribution in [0.3, 0.4) is 0 Å². The van der Waals surface area contributed by atoms with E-state index >= 15 is 0 Å². The highest BCUT2D eigenvalue weighted by molar-refractivity contribution is 7.01. The summed E-state index contributed by atoms with van der Waals surface area (Å²) in [5.74, 6) is 0. The van der Waals surface area contributed by atoms with Crippen LogP contribution >= 0.6 is 0 Å². The molecule has 0 aromatic heterocycles. The van der Waals surface area contributed by atoms with Crippen molar-refractivity contribution in [3.8, 4) is 33.4 Å². The summed E-state index contributed by atoms with van der Waals surface area (Å²) in [5.41, 5.74) is 18.2. The number of benzene rings is 6. The van der Waals surface area contributed by atoms with Crippen molar-refractivity contribution in [3.05, 3.63) is 145 Å². The molecule has 0 radical (unpaired) electrons. The Kier molecular flexibility index (Phi) is 5.12. The molecule has 1 nitrogen and oxygen atoms in total. The molecule has 2 aliphatic rings. The lowest BCUT2D eigenvalue weighted by Gasteiger charge is -2.36. The van der Waals surface area contributed by atoms with E-state index in [-0.39, 0.29) is 6.71 Å². The van der Waals surface area contributed by atoms with Gasteiger partial charge in [-0.3, -0.25) is 0 Å². The molecule has 0 spiro atoms. The molecular formula is C38H28BN. The van der Waals surface area contributed by atoms with Gasteiger partial charge in [-0.25, -0.2) is 0 Å². The first-order chi connectivity index (χ1) is 19.7. The van der Waals surface area contributed by atoms with Crippen LogP contribution in [0.5, 0.6) is 0 Å². The van der Waals surface area contributed by atoms with Gasteiger partial charge in [-0.1, -0.05) is 120 Å². The number of hydrogen-bond donors (Lipinski definition) is 0. The molecule has 0 amide bonds. The monoisotopic (exact) mass is 509 g/mol. The lowest BCUT2D eigenvalue weighted by molar-refractivity contribution is 1.28. The van der Waals surface area contributed by atoms with Crippen LogP contribution in [-0.2, 0) is 0 Å². The third-order valence-corrected chi connectivity index (χ3v) is 8.60. The van der Waals surface area contributed by atoms with Crippen LogP contribution < -0.4 is 21.3 Å². The van der Waals surface area contributed by atoms with Gasteiger partial charge >= 0.3 is 0 Å². The quantitative estimate of drug-likeness (QED) is 0.219. The van der Waals surface area contributed by atoms with Crippen LogP contribution in [0.25, 0.3) is 33.4 Å². The van der Waals surface area contributed by atoms with Gasteiger partial charge < -0.3 is 4.90 Å². The Balaban J connectivity index is 1.38. The summed E-state index contributed by atoms with van der Waals surface area (Å²) in [5, 5.41) is 0. The molecule has 6 aromatic carbocycles. The Bertz CT molecular complexity index is 1900. The third-order valence-electron chi connectivity index (χ3n) is 8.60. The zero-order valence-corrected chi connectivity index (χ0v) is 22.7. The van der Waals surface area contributed by atoms with E-state index in [0.717, 1.165) is 0 Å². The van der Waals surface area contributed by atoms with E-state index < -0.39 is 0 Å². The van der Waals surface area contributed by atoms with Gasteiger partial charge in [0.15, 0.2) is 0 Å². The normalized spacial score (nSPS) is 12.7. The van der Waals surface area contributed by atoms with Crippen LogP contribution in [0.15, 0.2) is 133 Å². The molecule has 0 N–H and O–H groups in total. The van der Waals surface area contributed by atoms with Crippen LogP contribution in [0.1, 0.15) is 11.1 Å². The number of aryl methyl sites for hydroxylation is 2. The smallest absolute Gasteiger partial charge is 0.248 e. The number of hydrogen-bond acceptors (Lipinski definition) is 1. The van der Waals surface area contributed by atoms with Crippen molar-refractivity contribution in [3.63, 3.8) is 0 Å². The van der Waals surface area contributed by atoms with E-state index in [0.29, 0.717) is 0 Å². The number of nitrogens with zero attached hydrogens (tertiary/aromatic N) is 1. The second kappa shape index (κ2) is 8.86. The van der Waals surface area contributed by atoms with Gasteiger partial charge in [-0.05, 0) is 88.5 Å². The minimum absolute atomic E-state index is 0.243. The summed E-state index contributed by atoms with van der Waals surface area (Å²) in [7, 11) is 0. The van der Waals surface area contributed by atoms with Gasteiger partial charge in [-0.2, -0.15) is 0 Å². The molecule has 0 bridgehead atoms. The maximum Gasteiger partial charge on any atom is 0.248 e. The van der Waals surface area contributed by atoms with Crippen LogP contribution in [0.2, 0.25) is 0 Å². The fraction of sp³-hybridized carbons (Fsp3) is 0.0526. The molecule has 0 fully saturated rings. The Morgan fingerprint density at radius 2 is 1.10 bits per heavy atom. The predicted octanol–water partition coefficient (Wildman–Crippen LogP) is 7.92. The van der Waals surface area contributed by atoms with Crippen molar-refractivity contribution in [2.75, 3.05) is 4.90 Å². The molecule has 2 heteroatoms.